The average Bonchev–Trinajstić information content (AvgIpc) is 2.80. The van der Waals surface area contributed by atoms with Gasteiger partial charge >= 0.3 is 0 Å². The zero-order valence-corrected chi connectivity index (χ0v) is 19.0. The molecule has 0 amide bonds. The van der Waals surface area contributed by atoms with Crippen LogP contribution in [0, 0.1) is 26.6 Å². The van der Waals surface area contributed by atoms with Gasteiger partial charge in [-0.25, -0.2) is 4.39 Å². The van der Waals surface area contributed by atoms with Crippen LogP contribution >= 0.6 is 7.14 Å². The molecule has 0 aliphatic carbocycles. The Morgan fingerprint density at radius 1 is 0.742 bits per heavy atom. The molecule has 0 heterocycles. The van der Waals surface area contributed by atoms with Crippen LogP contribution < -0.4 is 10.6 Å². The van der Waals surface area contributed by atoms with E-state index < -0.39 is 7.14 Å². The van der Waals surface area contributed by atoms with Crippen LogP contribution in [0.5, 0.6) is 0 Å². The Morgan fingerprint density at radius 2 is 1.32 bits per heavy atom. The molecule has 0 saturated carbocycles. The van der Waals surface area contributed by atoms with Gasteiger partial charge in [0.2, 0.25) is 0 Å². The molecule has 0 unspecified atom stereocenters. The summed E-state index contributed by atoms with van der Waals surface area (Å²) in [7, 11) is -3.03. The standard InChI is InChI=1S/C28H26FOP/c1-20-11-10-12-23(17-20)26-18-21(2)28(29)22(3)27(26)19-31(30,24-13-6-4-7-14-24)25-15-8-5-9-16-25/h4-18H,19H2,1-3H3. The maximum atomic E-state index is 15.1. The number of hydrogen-bond acceptors (Lipinski definition) is 1. The van der Waals surface area contributed by atoms with Gasteiger partial charge in [0.25, 0.3) is 0 Å². The lowest BCUT2D eigenvalue weighted by Gasteiger charge is -2.23. The molecule has 0 aliphatic rings. The van der Waals surface area contributed by atoms with Crippen molar-refractivity contribution in [3.8, 4) is 11.1 Å². The van der Waals surface area contributed by atoms with Gasteiger partial charge in [0, 0.05) is 16.8 Å². The van der Waals surface area contributed by atoms with E-state index in [2.05, 4.69) is 6.07 Å². The fourth-order valence-corrected chi connectivity index (χ4v) is 6.99. The fourth-order valence-electron chi connectivity index (χ4n) is 4.16. The van der Waals surface area contributed by atoms with Gasteiger partial charge in [-0.05, 0) is 54.7 Å². The van der Waals surface area contributed by atoms with E-state index >= 15 is 4.39 Å². The molecule has 0 spiro atoms. The minimum atomic E-state index is -3.03. The first-order chi connectivity index (χ1) is 14.9. The summed E-state index contributed by atoms with van der Waals surface area (Å²) in [5.74, 6) is -0.223. The lowest BCUT2D eigenvalue weighted by Crippen LogP contribution is -2.18. The first kappa shape index (κ1) is 21.3. The fraction of sp³-hybridized carbons (Fsp3) is 0.143. The number of benzene rings is 4. The Labute approximate surface area is 184 Å². The summed E-state index contributed by atoms with van der Waals surface area (Å²) in [6, 6.07) is 29.3. The van der Waals surface area contributed by atoms with Crippen LogP contribution in [0.4, 0.5) is 4.39 Å². The van der Waals surface area contributed by atoms with Crippen LogP contribution in [0.25, 0.3) is 11.1 Å². The molecule has 0 saturated heterocycles. The van der Waals surface area contributed by atoms with Crippen molar-refractivity contribution in [1.82, 2.24) is 0 Å². The smallest absolute Gasteiger partial charge is 0.147 e. The number of rotatable bonds is 5. The second kappa shape index (κ2) is 8.65. The molecule has 0 aromatic heterocycles. The van der Waals surface area contributed by atoms with E-state index in [0.717, 1.165) is 32.9 Å². The summed E-state index contributed by atoms with van der Waals surface area (Å²) < 4.78 is 29.7. The molecule has 4 aromatic rings. The maximum Gasteiger partial charge on any atom is 0.147 e. The van der Waals surface area contributed by atoms with E-state index in [0.29, 0.717) is 11.1 Å². The van der Waals surface area contributed by atoms with Gasteiger partial charge in [-0.1, -0.05) is 90.5 Å². The highest BCUT2D eigenvalue weighted by atomic mass is 31.2. The van der Waals surface area contributed by atoms with E-state index in [1.807, 2.05) is 91.9 Å². The molecule has 0 atom stereocenters. The van der Waals surface area contributed by atoms with Crippen LogP contribution in [0.15, 0.2) is 91.0 Å². The normalized spacial score (nSPS) is 11.5. The molecule has 156 valence electrons. The van der Waals surface area contributed by atoms with E-state index in [9.17, 15) is 4.57 Å². The van der Waals surface area contributed by atoms with Crippen molar-refractivity contribution in [2.75, 3.05) is 0 Å². The summed E-state index contributed by atoms with van der Waals surface area (Å²) in [6.07, 6.45) is 0.271. The first-order valence-electron chi connectivity index (χ1n) is 10.5. The predicted molar refractivity (Wildman–Crippen MR) is 130 cm³/mol. The molecule has 31 heavy (non-hydrogen) atoms. The minimum absolute atomic E-state index is 0.223. The number of aryl methyl sites for hydroxylation is 2. The van der Waals surface area contributed by atoms with Crippen LogP contribution in [-0.2, 0) is 10.7 Å². The number of halogens is 1. The molecular weight excluding hydrogens is 402 g/mol. The SMILES string of the molecule is Cc1cccc(-c2cc(C)c(F)c(C)c2CP(=O)(c2ccccc2)c2ccccc2)c1. The van der Waals surface area contributed by atoms with E-state index in [4.69, 9.17) is 0 Å². The molecule has 1 nitrogen and oxygen atoms in total. The van der Waals surface area contributed by atoms with Gasteiger partial charge < -0.3 is 4.57 Å². The lowest BCUT2D eigenvalue weighted by molar-refractivity contribution is 0.585. The second-order valence-corrected chi connectivity index (χ2v) is 10.9. The maximum absolute atomic E-state index is 15.1. The molecule has 0 radical (unpaired) electrons. The van der Waals surface area contributed by atoms with Gasteiger partial charge in [-0.2, -0.15) is 0 Å². The van der Waals surface area contributed by atoms with Crippen molar-refractivity contribution in [2.45, 2.75) is 26.9 Å². The van der Waals surface area contributed by atoms with Gasteiger partial charge in [-0.3, -0.25) is 0 Å². The third-order valence-electron chi connectivity index (χ3n) is 5.87. The van der Waals surface area contributed by atoms with Crippen molar-refractivity contribution in [2.24, 2.45) is 0 Å². The van der Waals surface area contributed by atoms with Crippen LogP contribution in [0.2, 0.25) is 0 Å². The van der Waals surface area contributed by atoms with Crippen LogP contribution in [0.1, 0.15) is 22.3 Å². The van der Waals surface area contributed by atoms with Gasteiger partial charge in [-0.15, -0.1) is 0 Å². The summed E-state index contributed by atoms with van der Waals surface area (Å²) in [4.78, 5) is 0. The molecule has 0 aliphatic heterocycles. The zero-order valence-electron chi connectivity index (χ0n) is 18.1. The van der Waals surface area contributed by atoms with Crippen molar-refractivity contribution in [1.29, 1.82) is 0 Å². The summed E-state index contributed by atoms with van der Waals surface area (Å²) in [6.45, 7) is 5.64. The van der Waals surface area contributed by atoms with E-state index in [1.165, 1.54) is 0 Å². The topological polar surface area (TPSA) is 17.1 Å². The van der Waals surface area contributed by atoms with Crippen molar-refractivity contribution in [3.63, 3.8) is 0 Å². The van der Waals surface area contributed by atoms with Crippen LogP contribution in [-0.4, -0.2) is 0 Å². The molecule has 4 aromatic carbocycles. The van der Waals surface area contributed by atoms with E-state index in [-0.39, 0.29) is 12.0 Å². The Morgan fingerprint density at radius 3 is 1.87 bits per heavy atom. The highest BCUT2D eigenvalue weighted by Gasteiger charge is 2.30. The molecule has 0 N–H and O–H groups in total. The highest BCUT2D eigenvalue weighted by Crippen LogP contribution is 2.49. The third kappa shape index (κ3) is 4.13. The third-order valence-corrected chi connectivity index (χ3v) is 8.90. The Bertz CT molecular complexity index is 1220. The quantitative estimate of drug-likeness (QED) is 0.315. The molecular formula is C28H26FOP. The van der Waals surface area contributed by atoms with Gasteiger partial charge in [0.15, 0.2) is 0 Å². The molecule has 0 fully saturated rings. The number of hydrogen-bond donors (Lipinski definition) is 0. The average molecular weight is 428 g/mol. The van der Waals surface area contributed by atoms with E-state index in [1.54, 1.807) is 13.8 Å². The summed E-state index contributed by atoms with van der Waals surface area (Å²) in [5.41, 5.74) is 5.10. The van der Waals surface area contributed by atoms with Crippen molar-refractivity contribution < 1.29 is 8.96 Å². The zero-order chi connectivity index (χ0) is 22.0. The largest absolute Gasteiger partial charge is 0.313 e. The Hall–Kier alpha value is -2.96. The predicted octanol–water partition coefficient (Wildman–Crippen LogP) is 6.93. The van der Waals surface area contributed by atoms with Gasteiger partial charge in [0.05, 0.1) is 0 Å². The molecule has 4 rings (SSSR count). The van der Waals surface area contributed by atoms with Crippen molar-refractivity contribution >= 4 is 17.8 Å². The molecule has 3 heteroatoms. The Balaban J connectivity index is 1.96. The summed E-state index contributed by atoms with van der Waals surface area (Å²) >= 11 is 0. The highest BCUT2D eigenvalue weighted by molar-refractivity contribution is 7.78. The molecule has 0 bridgehead atoms. The minimum Gasteiger partial charge on any atom is -0.313 e. The van der Waals surface area contributed by atoms with Gasteiger partial charge in [0.1, 0.15) is 13.0 Å². The second-order valence-electron chi connectivity index (χ2n) is 8.10. The Kier molecular flexibility index (Phi) is 5.94. The summed E-state index contributed by atoms with van der Waals surface area (Å²) in [5, 5.41) is 1.58. The first-order valence-corrected chi connectivity index (χ1v) is 12.4. The van der Waals surface area contributed by atoms with Crippen LogP contribution in [0.3, 0.4) is 0 Å². The lowest BCUT2D eigenvalue weighted by atomic mass is 9.93. The monoisotopic (exact) mass is 428 g/mol. The van der Waals surface area contributed by atoms with Crippen molar-refractivity contribution in [3.05, 3.63) is 119 Å².